The highest BCUT2D eigenvalue weighted by atomic mass is 28.4. The van der Waals surface area contributed by atoms with Crippen LogP contribution in [-0.4, -0.2) is 62.2 Å². The first kappa shape index (κ1) is 17.5. The monoisotopic (exact) mass is 279 g/mol. The summed E-state index contributed by atoms with van der Waals surface area (Å²) in [6, 6.07) is 0.776. The van der Waals surface area contributed by atoms with Gasteiger partial charge in [-0.1, -0.05) is 0 Å². The molecule has 0 unspecified atom stereocenters. The summed E-state index contributed by atoms with van der Waals surface area (Å²) in [5.74, 6) is -0.342. The van der Waals surface area contributed by atoms with Crippen molar-refractivity contribution in [3.63, 3.8) is 0 Å². The van der Waals surface area contributed by atoms with Crippen LogP contribution in [-0.2, 0) is 18.1 Å². The number of carbonyl (C=O) groups is 1. The Balaban J connectivity index is 3.47. The van der Waals surface area contributed by atoms with Gasteiger partial charge in [-0.3, -0.25) is 4.79 Å². The zero-order valence-corrected chi connectivity index (χ0v) is 12.5. The van der Waals surface area contributed by atoms with Crippen molar-refractivity contribution in [1.29, 1.82) is 0 Å². The van der Waals surface area contributed by atoms with Crippen molar-refractivity contribution in [1.82, 2.24) is 10.6 Å². The molecule has 0 spiro atoms. The first-order valence-electron chi connectivity index (χ1n) is 5.95. The predicted molar refractivity (Wildman–Crippen MR) is 71.1 cm³/mol. The van der Waals surface area contributed by atoms with Crippen molar-refractivity contribution in [2.45, 2.75) is 12.5 Å². The molecule has 0 saturated heterocycles. The van der Waals surface area contributed by atoms with Gasteiger partial charge in [-0.15, -0.1) is 0 Å². The number of hydrogen-bond donors (Lipinski definition) is 3. The molecule has 0 radical (unpaired) electrons. The molecule has 0 aromatic carbocycles. The summed E-state index contributed by atoms with van der Waals surface area (Å²) in [6.07, 6.45) is 0.914. The van der Waals surface area contributed by atoms with Crippen LogP contribution in [0.4, 0.5) is 0 Å². The molecule has 0 aromatic heterocycles. The first-order valence-corrected chi connectivity index (χ1v) is 7.88. The summed E-state index contributed by atoms with van der Waals surface area (Å²) >= 11 is 0. The van der Waals surface area contributed by atoms with Crippen molar-refractivity contribution in [3.8, 4) is 0 Å². The molecule has 0 bridgehead atoms. The van der Waals surface area contributed by atoms with Gasteiger partial charge < -0.3 is 29.6 Å². The number of hydrogen-bond acceptors (Lipinski definition) is 6. The Morgan fingerprint density at radius 1 is 1.06 bits per heavy atom. The molecule has 0 fully saturated rings. The van der Waals surface area contributed by atoms with E-state index < -0.39 is 8.80 Å². The van der Waals surface area contributed by atoms with E-state index in [0.29, 0.717) is 6.54 Å². The summed E-state index contributed by atoms with van der Waals surface area (Å²) in [7, 11) is 2.41. The van der Waals surface area contributed by atoms with E-state index in [2.05, 4.69) is 10.6 Å². The fourth-order valence-corrected chi connectivity index (χ4v) is 3.22. The number of carbonyl (C=O) groups excluding carboxylic acids is 1. The minimum atomic E-state index is -2.42. The predicted octanol–water partition coefficient (Wildman–Crippen LogP) is -1.08. The highest BCUT2D eigenvalue weighted by molar-refractivity contribution is 6.60. The lowest BCUT2D eigenvalue weighted by Gasteiger charge is -2.24. The van der Waals surface area contributed by atoms with Gasteiger partial charge in [-0.05, 0) is 13.0 Å². The van der Waals surface area contributed by atoms with E-state index >= 15 is 0 Å². The Morgan fingerprint density at radius 3 is 2.11 bits per heavy atom. The standard InChI is InChI=1S/C10H25N3O4Si/c1-15-18(16-2,17-3)8-4-5-12-6-7-13-9-10(11)14/h12-13H,4-9H2,1-3H3,(H2,11,14). The molecule has 0 aromatic rings. The molecular formula is C10H25N3O4Si. The lowest BCUT2D eigenvalue weighted by molar-refractivity contribution is -0.117. The molecule has 0 saturated carbocycles. The summed E-state index contributed by atoms with van der Waals surface area (Å²) in [4.78, 5) is 10.4. The highest BCUT2D eigenvalue weighted by Gasteiger charge is 2.36. The van der Waals surface area contributed by atoms with Crippen LogP contribution in [0.15, 0.2) is 0 Å². The van der Waals surface area contributed by atoms with Crippen molar-refractivity contribution in [2.24, 2.45) is 5.73 Å². The Hall–Kier alpha value is -0.513. The van der Waals surface area contributed by atoms with Gasteiger partial charge in [0.25, 0.3) is 0 Å². The molecule has 0 rings (SSSR count). The molecule has 0 heterocycles. The molecule has 108 valence electrons. The average molecular weight is 279 g/mol. The van der Waals surface area contributed by atoms with Gasteiger partial charge in [-0.2, -0.15) is 0 Å². The summed E-state index contributed by atoms with van der Waals surface area (Å²) in [5.41, 5.74) is 4.99. The van der Waals surface area contributed by atoms with E-state index in [1.165, 1.54) is 0 Å². The molecule has 0 atom stereocenters. The van der Waals surface area contributed by atoms with Crippen molar-refractivity contribution in [2.75, 3.05) is 47.5 Å². The van der Waals surface area contributed by atoms with Gasteiger partial charge in [0.15, 0.2) is 0 Å². The van der Waals surface area contributed by atoms with Crippen LogP contribution in [0.5, 0.6) is 0 Å². The lowest BCUT2D eigenvalue weighted by Crippen LogP contribution is -2.43. The number of primary amides is 1. The quantitative estimate of drug-likeness (QED) is 0.311. The minimum absolute atomic E-state index is 0.217. The van der Waals surface area contributed by atoms with Crippen LogP contribution in [0.3, 0.4) is 0 Å². The Bertz CT molecular complexity index is 219. The zero-order chi connectivity index (χ0) is 13.9. The van der Waals surface area contributed by atoms with Gasteiger partial charge in [0.1, 0.15) is 0 Å². The maximum absolute atomic E-state index is 10.4. The van der Waals surface area contributed by atoms with E-state index in [9.17, 15) is 4.79 Å². The topological polar surface area (TPSA) is 94.8 Å². The number of nitrogens with one attached hydrogen (secondary N) is 2. The van der Waals surface area contributed by atoms with E-state index in [4.69, 9.17) is 19.0 Å². The van der Waals surface area contributed by atoms with Gasteiger partial charge >= 0.3 is 8.80 Å². The zero-order valence-electron chi connectivity index (χ0n) is 11.5. The highest BCUT2D eigenvalue weighted by Crippen LogP contribution is 2.14. The summed E-state index contributed by atoms with van der Waals surface area (Å²) < 4.78 is 15.9. The van der Waals surface area contributed by atoms with Crippen molar-refractivity contribution in [3.05, 3.63) is 0 Å². The molecule has 7 nitrogen and oxygen atoms in total. The normalized spacial score (nSPS) is 11.7. The fourth-order valence-electron chi connectivity index (χ4n) is 1.50. The fraction of sp³-hybridized carbons (Fsp3) is 0.900. The third kappa shape index (κ3) is 7.74. The second-order valence-electron chi connectivity index (χ2n) is 3.79. The second kappa shape index (κ2) is 10.4. The van der Waals surface area contributed by atoms with Gasteiger partial charge in [-0.25, -0.2) is 0 Å². The Morgan fingerprint density at radius 2 is 1.61 bits per heavy atom. The van der Waals surface area contributed by atoms with Crippen LogP contribution in [0.25, 0.3) is 0 Å². The van der Waals surface area contributed by atoms with Crippen LogP contribution >= 0.6 is 0 Å². The minimum Gasteiger partial charge on any atom is -0.377 e. The third-order valence-corrected chi connectivity index (χ3v) is 5.38. The molecule has 8 heteroatoms. The van der Waals surface area contributed by atoms with Crippen molar-refractivity contribution < 1.29 is 18.1 Å². The van der Waals surface area contributed by atoms with E-state index in [0.717, 1.165) is 25.6 Å². The molecule has 0 aliphatic heterocycles. The van der Waals surface area contributed by atoms with Gasteiger partial charge in [0.2, 0.25) is 5.91 Å². The smallest absolute Gasteiger partial charge is 0.377 e. The molecule has 1 amide bonds. The van der Waals surface area contributed by atoms with Crippen LogP contribution in [0.2, 0.25) is 6.04 Å². The van der Waals surface area contributed by atoms with Crippen LogP contribution in [0, 0.1) is 0 Å². The lowest BCUT2D eigenvalue weighted by atomic mass is 10.4. The van der Waals surface area contributed by atoms with Gasteiger partial charge in [0.05, 0.1) is 6.54 Å². The van der Waals surface area contributed by atoms with Crippen LogP contribution < -0.4 is 16.4 Å². The first-order chi connectivity index (χ1) is 8.60. The molecule has 18 heavy (non-hydrogen) atoms. The molecule has 4 N–H and O–H groups in total. The van der Waals surface area contributed by atoms with E-state index in [-0.39, 0.29) is 12.5 Å². The Labute approximate surface area is 110 Å². The second-order valence-corrected chi connectivity index (χ2v) is 6.88. The summed E-state index contributed by atoms with van der Waals surface area (Å²) in [5, 5.41) is 6.17. The largest absolute Gasteiger partial charge is 0.500 e. The maximum Gasteiger partial charge on any atom is 0.500 e. The van der Waals surface area contributed by atoms with E-state index in [1.54, 1.807) is 21.3 Å². The molecule has 0 aliphatic carbocycles. The maximum atomic E-state index is 10.4. The summed E-state index contributed by atoms with van der Waals surface area (Å²) in [6.45, 7) is 2.57. The molecule has 0 aliphatic rings. The van der Waals surface area contributed by atoms with Crippen molar-refractivity contribution >= 4 is 14.7 Å². The third-order valence-electron chi connectivity index (χ3n) is 2.55. The van der Waals surface area contributed by atoms with Crippen LogP contribution in [0.1, 0.15) is 6.42 Å². The number of nitrogens with two attached hydrogens (primary N) is 1. The number of rotatable bonds is 12. The number of amides is 1. The average Bonchev–Trinajstić information content (AvgIpc) is 2.38. The van der Waals surface area contributed by atoms with E-state index in [1.807, 2.05) is 0 Å². The molecular weight excluding hydrogens is 254 g/mol. The Kier molecular flexibility index (Phi) is 10.1. The SMILES string of the molecule is CO[Si](CCCNCCNCC(N)=O)(OC)OC. The van der Waals surface area contributed by atoms with Gasteiger partial charge in [0, 0.05) is 40.5 Å².